The van der Waals surface area contributed by atoms with Crippen LogP contribution in [0.3, 0.4) is 0 Å². The molecule has 11 aromatic rings. The maximum atomic E-state index is 4.83. The molecule has 0 saturated carbocycles. The number of anilines is 3. The molecule has 0 amide bonds. The van der Waals surface area contributed by atoms with Gasteiger partial charge in [-0.25, -0.2) is 0 Å². The maximum Gasteiger partial charge on any atom is 0.0699 e. The van der Waals surface area contributed by atoms with Crippen LogP contribution in [0.4, 0.5) is 17.1 Å². The Morgan fingerprint density at radius 2 is 0.985 bits per heavy atom. The first-order chi connectivity index (χ1) is 33.6. The zero-order chi connectivity index (χ0) is 45.4. The van der Waals surface area contributed by atoms with Gasteiger partial charge in [-0.1, -0.05) is 207 Å². The Labute approximate surface area is 398 Å². The SMILES string of the molecule is C=C1/C=C\C=C/Cc2ccc(N(c3ccccc3)c3ccc(-c4cccc(-c5ccc6c(c5)c5ccccc5n6-c5cccc6ccccc56)c4)cc3)cc2C1(c1ccccc1)c1ccccc1. The third-order valence-corrected chi connectivity index (χ3v) is 13.9. The van der Waals surface area contributed by atoms with Crippen LogP contribution in [-0.2, 0) is 11.8 Å². The number of para-hydroxylation sites is 2. The number of benzene rings is 10. The lowest BCUT2D eigenvalue weighted by Gasteiger charge is -2.39. The van der Waals surface area contributed by atoms with Crippen LogP contribution in [0.15, 0.2) is 279 Å². The van der Waals surface area contributed by atoms with E-state index in [0.29, 0.717) is 0 Å². The Hall–Kier alpha value is -8.72. The van der Waals surface area contributed by atoms with Gasteiger partial charge in [-0.3, -0.25) is 0 Å². The smallest absolute Gasteiger partial charge is 0.0699 e. The van der Waals surface area contributed by atoms with E-state index in [-0.39, 0.29) is 0 Å². The standard InChI is InChI=1S/C66H48N2/c1-47-20-6-2-7-22-50-38-42-58(46-62(50)66(47,54-26-8-3-9-27-54)55-28-10-4-11-29-55)67(56-30-12-5-13-31-56)57-40-36-48(37-41-57)51-24-18-25-52(44-51)53-39-43-65-61(45-53)60-33-16-17-34-64(60)68(65)63-35-19-23-49-21-14-15-32-59(49)63/h2-21,23-46H,1,22H2/b7-2-,20-6-. The molecule has 0 aliphatic heterocycles. The first-order valence-corrected chi connectivity index (χ1v) is 23.5. The van der Waals surface area contributed by atoms with Crippen LogP contribution in [0.2, 0.25) is 0 Å². The summed E-state index contributed by atoms with van der Waals surface area (Å²) in [6.07, 6.45) is 9.52. The second-order valence-corrected chi connectivity index (χ2v) is 17.7. The van der Waals surface area contributed by atoms with Crippen LogP contribution >= 0.6 is 0 Å². The van der Waals surface area contributed by atoms with E-state index < -0.39 is 5.41 Å². The molecule has 0 bridgehead atoms. The van der Waals surface area contributed by atoms with Crippen LogP contribution < -0.4 is 4.90 Å². The Kier molecular flexibility index (Phi) is 10.3. The number of hydrogen-bond donors (Lipinski definition) is 0. The van der Waals surface area contributed by atoms with Gasteiger partial charge < -0.3 is 9.47 Å². The molecule has 0 saturated heterocycles. The summed E-state index contributed by atoms with van der Waals surface area (Å²) in [6.45, 7) is 4.83. The lowest BCUT2D eigenvalue weighted by molar-refractivity contribution is 0.737. The summed E-state index contributed by atoms with van der Waals surface area (Å²) >= 11 is 0. The summed E-state index contributed by atoms with van der Waals surface area (Å²) in [5.41, 5.74) is 16.8. The van der Waals surface area contributed by atoms with Gasteiger partial charge >= 0.3 is 0 Å². The van der Waals surface area contributed by atoms with E-state index in [1.165, 1.54) is 77.2 Å². The number of aromatic nitrogens is 1. The predicted octanol–water partition coefficient (Wildman–Crippen LogP) is 17.3. The van der Waals surface area contributed by atoms with E-state index in [1.807, 2.05) is 0 Å². The summed E-state index contributed by atoms with van der Waals surface area (Å²) < 4.78 is 2.43. The van der Waals surface area contributed by atoms with Crippen molar-refractivity contribution in [3.8, 4) is 27.9 Å². The van der Waals surface area contributed by atoms with Crippen molar-refractivity contribution in [3.05, 3.63) is 301 Å². The monoisotopic (exact) mass is 868 g/mol. The van der Waals surface area contributed by atoms with Gasteiger partial charge in [0.1, 0.15) is 0 Å². The van der Waals surface area contributed by atoms with E-state index in [9.17, 15) is 0 Å². The van der Waals surface area contributed by atoms with Crippen molar-refractivity contribution in [2.45, 2.75) is 11.8 Å². The number of rotatable bonds is 8. The van der Waals surface area contributed by atoms with Gasteiger partial charge in [0.05, 0.1) is 22.1 Å². The summed E-state index contributed by atoms with van der Waals surface area (Å²) in [5.74, 6) is 0. The Balaban J connectivity index is 0.942. The van der Waals surface area contributed by atoms with Crippen molar-refractivity contribution in [2.75, 3.05) is 4.90 Å². The van der Waals surface area contributed by atoms with Crippen LogP contribution in [-0.4, -0.2) is 4.57 Å². The van der Waals surface area contributed by atoms with Crippen LogP contribution in [0.1, 0.15) is 22.3 Å². The minimum Gasteiger partial charge on any atom is -0.310 e. The first kappa shape index (κ1) is 40.8. The van der Waals surface area contributed by atoms with Gasteiger partial charge in [-0.2, -0.15) is 0 Å². The Morgan fingerprint density at radius 1 is 0.412 bits per heavy atom. The average Bonchev–Trinajstić information content (AvgIpc) is 3.76. The third kappa shape index (κ3) is 6.98. The van der Waals surface area contributed by atoms with E-state index in [2.05, 4.69) is 276 Å². The van der Waals surface area contributed by atoms with Crippen LogP contribution in [0.25, 0.3) is 60.5 Å². The van der Waals surface area contributed by atoms with Crippen molar-refractivity contribution in [2.24, 2.45) is 0 Å². The van der Waals surface area contributed by atoms with Crippen molar-refractivity contribution in [1.82, 2.24) is 4.57 Å². The average molecular weight is 869 g/mol. The molecule has 2 heteroatoms. The minimum atomic E-state index is -0.633. The van der Waals surface area contributed by atoms with Crippen LogP contribution in [0, 0.1) is 0 Å². The topological polar surface area (TPSA) is 8.17 Å². The summed E-state index contributed by atoms with van der Waals surface area (Å²) in [6, 6.07) is 88.5. The normalized spacial score (nSPS) is 14.2. The van der Waals surface area contributed by atoms with Gasteiger partial charge in [0, 0.05) is 33.2 Å². The molecule has 0 unspecified atom stereocenters. The van der Waals surface area contributed by atoms with Crippen LogP contribution in [0.5, 0.6) is 0 Å². The third-order valence-electron chi connectivity index (χ3n) is 13.9. The van der Waals surface area contributed by atoms with Crippen molar-refractivity contribution < 1.29 is 0 Å². The molecule has 1 aliphatic carbocycles. The van der Waals surface area contributed by atoms with E-state index >= 15 is 0 Å². The van der Waals surface area contributed by atoms with E-state index in [0.717, 1.165) is 34.6 Å². The fourth-order valence-corrected chi connectivity index (χ4v) is 10.7. The van der Waals surface area contributed by atoms with Crippen molar-refractivity contribution in [3.63, 3.8) is 0 Å². The number of fused-ring (bicyclic) bond motifs is 5. The predicted molar refractivity (Wildman–Crippen MR) is 288 cm³/mol. The zero-order valence-corrected chi connectivity index (χ0v) is 37.7. The summed E-state index contributed by atoms with van der Waals surface area (Å²) in [4.78, 5) is 2.38. The Morgan fingerprint density at radius 3 is 1.75 bits per heavy atom. The molecule has 12 rings (SSSR count). The molecule has 0 atom stereocenters. The van der Waals surface area contributed by atoms with Gasteiger partial charge in [-0.15, -0.1) is 0 Å². The van der Waals surface area contributed by atoms with Crippen molar-refractivity contribution in [1.29, 1.82) is 0 Å². The highest BCUT2D eigenvalue weighted by Gasteiger charge is 2.40. The molecule has 1 aromatic heterocycles. The fourth-order valence-electron chi connectivity index (χ4n) is 10.7. The molecule has 2 nitrogen and oxygen atoms in total. The second-order valence-electron chi connectivity index (χ2n) is 17.7. The Bertz CT molecular complexity index is 3660. The van der Waals surface area contributed by atoms with E-state index in [1.54, 1.807) is 0 Å². The summed E-state index contributed by atoms with van der Waals surface area (Å²) in [5, 5.41) is 4.97. The van der Waals surface area contributed by atoms with Gasteiger partial charge in [0.2, 0.25) is 0 Å². The highest BCUT2D eigenvalue weighted by molar-refractivity contribution is 6.11. The second kappa shape index (κ2) is 17.3. The molecule has 0 fully saturated rings. The minimum absolute atomic E-state index is 0.633. The molecule has 0 N–H and O–H groups in total. The highest BCUT2D eigenvalue weighted by atomic mass is 15.1. The molecule has 10 aromatic carbocycles. The molecule has 1 aliphatic rings. The largest absolute Gasteiger partial charge is 0.310 e. The van der Waals surface area contributed by atoms with Gasteiger partial charge in [0.15, 0.2) is 0 Å². The maximum absolute atomic E-state index is 4.83. The van der Waals surface area contributed by atoms with Gasteiger partial charge in [-0.05, 0) is 129 Å². The summed E-state index contributed by atoms with van der Waals surface area (Å²) in [7, 11) is 0. The molecule has 0 radical (unpaired) electrons. The number of allylic oxidation sites excluding steroid dienone is 5. The van der Waals surface area contributed by atoms with Gasteiger partial charge in [0.25, 0.3) is 0 Å². The molecular weight excluding hydrogens is 821 g/mol. The molecule has 68 heavy (non-hydrogen) atoms. The number of hydrogen-bond acceptors (Lipinski definition) is 1. The first-order valence-electron chi connectivity index (χ1n) is 23.5. The highest BCUT2D eigenvalue weighted by Crippen LogP contribution is 2.49. The molecule has 1 heterocycles. The molecular formula is C66H48N2. The zero-order valence-electron chi connectivity index (χ0n) is 37.7. The molecule has 322 valence electrons. The molecule has 0 spiro atoms. The lowest BCUT2D eigenvalue weighted by atomic mass is 9.63. The van der Waals surface area contributed by atoms with E-state index in [4.69, 9.17) is 6.58 Å². The lowest BCUT2D eigenvalue weighted by Crippen LogP contribution is -2.32. The quantitative estimate of drug-likeness (QED) is 0.148. The number of nitrogens with zero attached hydrogens (tertiary/aromatic N) is 2. The van der Waals surface area contributed by atoms with Crippen molar-refractivity contribution >= 4 is 49.6 Å². The fraction of sp³-hybridized carbons (Fsp3) is 0.0303.